The Hall–Kier alpha value is -1.00. The number of halogens is 2. The van der Waals surface area contributed by atoms with Gasteiger partial charge in [0.2, 0.25) is 0 Å². The zero-order chi connectivity index (χ0) is 10.3. The number of benzene rings is 1. The lowest BCUT2D eigenvalue weighted by molar-refractivity contribution is -0.0550. The fraction of sp³-hybridized carbons (Fsp3) is 0.400. The van der Waals surface area contributed by atoms with Gasteiger partial charge in [-0.2, -0.15) is 0 Å². The molecule has 2 nitrogen and oxygen atoms in total. The summed E-state index contributed by atoms with van der Waals surface area (Å²) in [4.78, 5) is 0. The van der Waals surface area contributed by atoms with Crippen molar-refractivity contribution in [2.45, 2.75) is 24.5 Å². The second kappa shape index (κ2) is 3.00. The lowest BCUT2D eigenvalue weighted by Gasteiger charge is -2.42. The van der Waals surface area contributed by atoms with E-state index in [-0.39, 0.29) is 11.6 Å². The molecule has 0 radical (unpaired) electrons. The molecule has 2 rings (SSSR count). The number of hydrogen-bond acceptors (Lipinski definition) is 2. The van der Waals surface area contributed by atoms with E-state index >= 15 is 0 Å². The minimum absolute atomic E-state index is 0.0931. The Morgan fingerprint density at radius 3 is 2.50 bits per heavy atom. The Labute approximate surface area is 80.4 Å². The highest BCUT2D eigenvalue weighted by atomic mass is 19.1. The predicted molar refractivity (Wildman–Crippen MR) is 47.5 cm³/mol. The first-order chi connectivity index (χ1) is 6.51. The van der Waals surface area contributed by atoms with Gasteiger partial charge < -0.3 is 10.8 Å². The zero-order valence-corrected chi connectivity index (χ0v) is 7.50. The molecule has 0 bridgehead atoms. The molecule has 0 saturated heterocycles. The van der Waals surface area contributed by atoms with Crippen molar-refractivity contribution in [2.75, 3.05) is 0 Å². The number of aliphatic hydroxyl groups is 1. The van der Waals surface area contributed by atoms with Crippen LogP contribution in [0.25, 0.3) is 0 Å². The summed E-state index contributed by atoms with van der Waals surface area (Å²) in [6, 6.07) is 3.10. The molecule has 1 aliphatic carbocycles. The van der Waals surface area contributed by atoms with Crippen molar-refractivity contribution in [2.24, 2.45) is 5.73 Å². The van der Waals surface area contributed by atoms with Crippen LogP contribution in [0.1, 0.15) is 18.4 Å². The molecule has 0 aromatic heterocycles. The van der Waals surface area contributed by atoms with Crippen LogP contribution in [-0.4, -0.2) is 11.1 Å². The molecule has 1 aliphatic rings. The highest BCUT2D eigenvalue weighted by Crippen LogP contribution is 2.41. The molecule has 0 unspecified atom stereocenters. The maximum absolute atomic E-state index is 13.3. The molecule has 1 saturated carbocycles. The van der Waals surface area contributed by atoms with Gasteiger partial charge in [-0.15, -0.1) is 0 Å². The minimum Gasteiger partial charge on any atom is -0.385 e. The van der Waals surface area contributed by atoms with Crippen molar-refractivity contribution in [3.63, 3.8) is 0 Å². The summed E-state index contributed by atoms with van der Waals surface area (Å²) in [7, 11) is 0. The van der Waals surface area contributed by atoms with Gasteiger partial charge in [0, 0.05) is 17.7 Å². The summed E-state index contributed by atoms with van der Waals surface area (Å²) >= 11 is 0. The van der Waals surface area contributed by atoms with Crippen molar-refractivity contribution in [3.05, 3.63) is 35.4 Å². The minimum atomic E-state index is -1.20. The zero-order valence-electron chi connectivity index (χ0n) is 7.50. The van der Waals surface area contributed by atoms with E-state index in [1.54, 1.807) is 0 Å². The van der Waals surface area contributed by atoms with E-state index in [9.17, 15) is 13.9 Å². The smallest absolute Gasteiger partial charge is 0.132 e. The fourth-order valence-electron chi connectivity index (χ4n) is 1.89. The average molecular weight is 199 g/mol. The van der Waals surface area contributed by atoms with Crippen molar-refractivity contribution in [1.82, 2.24) is 0 Å². The first-order valence-corrected chi connectivity index (χ1v) is 4.45. The van der Waals surface area contributed by atoms with Crippen LogP contribution in [0, 0.1) is 11.6 Å². The van der Waals surface area contributed by atoms with E-state index in [0.717, 1.165) is 12.1 Å². The lowest BCUT2D eigenvalue weighted by Crippen LogP contribution is -2.49. The van der Waals surface area contributed by atoms with Gasteiger partial charge >= 0.3 is 0 Å². The topological polar surface area (TPSA) is 46.2 Å². The molecule has 0 aliphatic heterocycles. The summed E-state index contributed by atoms with van der Waals surface area (Å²) in [6.45, 7) is 0. The molecule has 0 heterocycles. The lowest BCUT2D eigenvalue weighted by atomic mass is 9.71. The number of nitrogens with two attached hydrogens (primary N) is 1. The quantitative estimate of drug-likeness (QED) is 0.715. The third-order valence-corrected chi connectivity index (χ3v) is 2.63. The molecule has 1 fully saturated rings. The Kier molecular flexibility index (Phi) is 2.05. The molecule has 0 atom stereocenters. The van der Waals surface area contributed by atoms with Crippen LogP contribution in [0.15, 0.2) is 18.2 Å². The van der Waals surface area contributed by atoms with Crippen LogP contribution in [0.3, 0.4) is 0 Å². The van der Waals surface area contributed by atoms with Gasteiger partial charge in [0.1, 0.15) is 11.6 Å². The van der Waals surface area contributed by atoms with Gasteiger partial charge in [0.25, 0.3) is 0 Å². The van der Waals surface area contributed by atoms with Gasteiger partial charge in [0.05, 0.1) is 5.60 Å². The second-order valence-corrected chi connectivity index (χ2v) is 3.82. The molecular formula is C10H11F2NO. The van der Waals surface area contributed by atoms with E-state index in [2.05, 4.69) is 0 Å². The van der Waals surface area contributed by atoms with Gasteiger partial charge in [0.15, 0.2) is 0 Å². The molecule has 14 heavy (non-hydrogen) atoms. The van der Waals surface area contributed by atoms with Gasteiger partial charge in [-0.3, -0.25) is 0 Å². The van der Waals surface area contributed by atoms with Gasteiger partial charge in [-0.25, -0.2) is 8.78 Å². The van der Waals surface area contributed by atoms with Crippen molar-refractivity contribution in [1.29, 1.82) is 0 Å². The second-order valence-electron chi connectivity index (χ2n) is 3.82. The Bertz CT molecular complexity index is 361. The van der Waals surface area contributed by atoms with E-state index in [1.807, 2.05) is 0 Å². The average Bonchev–Trinajstić information content (AvgIpc) is 2.00. The maximum Gasteiger partial charge on any atom is 0.132 e. The predicted octanol–water partition coefficient (Wildman–Crippen LogP) is 1.27. The van der Waals surface area contributed by atoms with Crippen molar-refractivity contribution in [3.8, 4) is 0 Å². The summed E-state index contributed by atoms with van der Waals surface area (Å²) in [6.07, 6.45) is 0.658. The van der Waals surface area contributed by atoms with E-state index in [4.69, 9.17) is 5.73 Å². The van der Waals surface area contributed by atoms with Crippen molar-refractivity contribution >= 4 is 0 Å². The van der Waals surface area contributed by atoms with E-state index in [1.165, 1.54) is 6.07 Å². The first-order valence-electron chi connectivity index (χ1n) is 4.45. The third kappa shape index (κ3) is 1.40. The largest absolute Gasteiger partial charge is 0.385 e. The first kappa shape index (κ1) is 9.55. The Morgan fingerprint density at radius 1 is 1.36 bits per heavy atom. The number of hydrogen-bond donors (Lipinski definition) is 2. The normalized spacial score (nSPS) is 31.3. The maximum atomic E-state index is 13.3. The molecule has 1 aromatic carbocycles. The van der Waals surface area contributed by atoms with Crippen LogP contribution in [0.4, 0.5) is 8.78 Å². The van der Waals surface area contributed by atoms with Gasteiger partial charge in [-0.1, -0.05) is 6.07 Å². The molecular weight excluding hydrogens is 188 g/mol. The van der Waals surface area contributed by atoms with Gasteiger partial charge in [-0.05, 0) is 18.9 Å². The van der Waals surface area contributed by atoms with Crippen molar-refractivity contribution < 1.29 is 13.9 Å². The summed E-state index contributed by atoms with van der Waals surface area (Å²) in [5.41, 5.74) is 4.46. The molecule has 1 aromatic rings. The number of rotatable bonds is 1. The third-order valence-electron chi connectivity index (χ3n) is 2.63. The Morgan fingerprint density at radius 2 is 2.00 bits per heavy atom. The van der Waals surface area contributed by atoms with Crippen LogP contribution in [0.2, 0.25) is 0 Å². The SMILES string of the molecule is NC1CC(O)(c2ccc(F)cc2F)C1. The van der Waals surface area contributed by atoms with E-state index in [0.29, 0.717) is 12.8 Å². The van der Waals surface area contributed by atoms with Crippen LogP contribution in [-0.2, 0) is 5.60 Å². The molecule has 3 N–H and O–H groups in total. The molecule has 0 amide bonds. The summed E-state index contributed by atoms with van der Waals surface area (Å²) in [5.74, 6) is -1.35. The van der Waals surface area contributed by atoms with E-state index < -0.39 is 17.2 Å². The van der Waals surface area contributed by atoms with Crippen LogP contribution in [0.5, 0.6) is 0 Å². The highest BCUT2D eigenvalue weighted by molar-refractivity contribution is 5.28. The molecule has 0 spiro atoms. The Balaban J connectivity index is 2.33. The van der Waals surface area contributed by atoms with Crippen LogP contribution >= 0.6 is 0 Å². The summed E-state index contributed by atoms with van der Waals surface area (Å²) in [5, 5.41) is 9.88. The molecule has 4 heteroatoms. The highest BCUT2D eigenvalue weighted by Gasteiger charge is 2.43. The molecule has 76 valence electrons. The van der Waals surface area contributed by atoms with Crippen LogP contribution < -0.4 is 5.73 Å². The standard InChI is InChI=1S/C10H11F2NO/c11-6-1-2-8(9(12)3-6)10(14)4-7(13)5-10/h1-3,7,14H,4-5,13H2. The summed E-state index contributed by atoms with van der Waals surface area (Å²) < 4.78 is 25.8. The monoisotopic (exact) mass is 199 g/mol. The fourth-order valence-corrected chi connectivity index (χ4v) is 1.89.